The van der Waals surface area contributed by atoms with Gasteiger partial charge in [-0.25, -0.2) is 5.43 Å². The van der Waals surface area contributed by atoms with E-state index in [1.165, 1.54) is 6.21 Å². The maximum Gasteiger partial charge on any atom is 0.271 e. The first-order valence-electron chi connectivity index (χ1n) is 5.85. The van der Waals surface area contributed by atoms with E-state index < -0.39 is 0 Å². The number of phenolic OH excluding ortho intramolecular Hbond substituents is 1. The van der Waals surface area contributed by atoms with Crippen LogP contribution in [0, 0.1) is 0 Å². The zero-order chi connectivity index (χ0) is 16.3. The van der Waals surface area contributed by atoms with Crippen LogP contribution in [0.25, 0.3) is 0 Å². The molecule has 0 spiro atoms. The molecule has 0 aliphatic carbocycles. The van der Waals surface area contributed by atoms with Crippen molar-refractivity contribution in [2.45, 2.75) is 0 Å². The minimum absolute atomic E-state index is 0.104. The van der Waals surface area contributed by atoms with E-state index >= 15 is 0 Å². The lowest BCUT2D eigenvalue weighted by Gasteiger charge is -2.03. The van der Waals surface area contributed by atoms with Gasteiger partial charge in [-0.05, 0) is 83.7 Å². The van der Waals surface area contributed by atoms with Crippen LogP contribution in [-0.4, -0.2) is 17.2 Å². The van der Waals surface area contributed by atoms with Crippen LogP contribution in [0.4, 0.5) is 0 Å². The Balaban J connectivity index is 2.09. The smallest absolute Gasteiger partial charge is 0.271 e. The van der Waals surface area contributed by atoms with Gasteiger partial charge in [0.15, 0.2) is 0 Å². The van der Waals surface area contributed by atoms with E-state index in [0.29, 0.717) is 29.6 Å². The highest BCUT2D eigenvalue weighted by atomic mass is 79.9. The molecule has 0 bridgehead atoms. The van der Waals surface area contributed by atoms with Crippen molar-refractivity contribution >= 4 is 71.5 Å². The summed E-state index contributed by atoms with van der Waals surface area (Å²) in [6.45, 7) is 0. The maximum absolute atomic E-state index is 11.9. The lowest BCUT2D eigenvalue weighted by molar-refractivity contribution is 0.0955. The van der Waals surface area contributed by atoms with E-state index in [1.807, 2.05) is 0 Å². The van der Waals surface area contributed by atoms with Gasteiger partial charge < -0.3 is 5.11 Å². The van der Waals surface area contributed by atoms with E-state index in [1.54, 1.807) is 30.3 Å². The molecular formula is C14H8Br3ClN2O2. The molecule has 0 radical (unpaired) electrons. The predicted molar refractivity (Wildman–Crippen MR) is 97.7 cm³/mol. The second kappa shape index (κ2) is 7.59. The number of carbonyl (C=O) groups is 1. The van der Waals surface area contributed by atoms with Crippen LogP contribution in [0.2, 0.25) is 5.02 Å². The number of hydrogen-bond donors (Lipinski definition) is 2. The van der Waals surface area contributed by atoms with Gasteiger partial charge in [0.1, 0.15) is 5.75 Å². The van der Waals surface area contributed by atoms with Crippen LogP contribution in [0.3, 0.4) is 0 Å². The molecule has 0 heterocycles. The minimum Gasteiger partial charge on any atom is -0.506 e. The first-order valence-corrected chi connectivity index (χ1v) is 8.60. The summed E-state index contributed by atoms with van der Waals surface area (Å²) >= 11 is 15.6. The summed E-state index contributed by atoms with van der Waals surface area (Å²) in [6.07, 6.45) is 1.47. The van der Waals surface area contributed by atoms with Gasteiger partial charge in [-0.2, -0.15) is 5.10 Å². The Morgan fingerprint density at radius 1 is 1.14 bits per heavy atom. The highest BCUT2D eigenvalue weighted by Gasteiger charge is 2.07. The normalized spacial score (nSPS) is 10.9. The Morgan fingerprint density at radius 2 is 1.77 bits per heavy atom. The summed E-state index contributed by atoms with van der Waals surface area (Å²) in [4.78, 5) is 11.9. The molecule has 0 atom stereocenters. The first kappa shape index (κ1) is 17.5. The first-order chi connectivity index (χ1) is 10.4. The molecule has 4 nitrogen and oxygen atoms in total. The van der Waals surface area contributed by atoms with Crippen LogP contribution in [0.15, 0.2) is 48.9 Å². The van der Waals surface area contributed by atoms with E-state index in [9.17, 15) is 9.90 Å². The summed E-state index contributed by atoms with van der Waals surface area (Å²) in [5, 5.41) is 14.0. The fourth-order valence-corrected chi connectivity index (χ4v) is 3.25. The van der Waals surface area contributed by atoms with Crippen molar-refractivity contribution in [2.75, 3.05) is 0 Å². The second-order valence-corrected chi connectivity index (χ2v) is 7.13. The van der Waals surface area contributed by atoms with E-state index in [4.69, 9.17) is 11.6 Å². The molecule has 0 saturated carbocycles. The number of phenols is 1. The quantitative estimate of drug-likeness (QED) is 0.445. The molecule has 2 N–H and O–H groups in total. The van der Waals surface area contributed by atoms with Crippen molar-refractivity contribution < 1.29 is 9.90 Å². The van der Waals surface area contributed by atoms with Gasteiger partial charge in [0.25, 0.3) is 5.91 Å². The summed E-state index contributed by atoms with van der Waals surface area (Å²) in [6, 6.07) is 8.19. The number of hydrogen-bond acceptors (Lipinski definition) is 3. The molecule has 0 aliphatic rings. The van der Waals surface area contributed by atoms with E-state index in [-0.39, 0.29) is 11.7 Å². The highest BCUT2D eigenvalue weighted by molar-refractivity contribution is 9.11. The van der Waals surface area contributed by atoms with Crippen molar-refractivity contribution in [3.63, 3.8) is 0 Å². The van der Waals surface area contributed by atoms with Crippen molar-refractivity contribution in [3.05, 3.63) is 59.9 Å². The molecule has 2 aromatic rings. The van der Waals surface area contributed by atoms with Crippen molar-refractivity contribution in [2.24, 2.45) is 5.10 Å². The van der Waals surface area contributed by atoms with Gasteiger partial charge in [0.05, 0.1) is 20.2 Å². The monoisotopic (exact) mass is 508 g/mol. The summed E-state index contributed by atoms with van der Waals surface area (Å²) in [5.41, 5.74) is 3.56. The largest absolute Gasteiger partial charge is 0.506 e. The summed E-state index contributed by atoms with van der Waals surface area (Å²) in [7, 11) is 0. The standard InChI is InChI=1S/C14H8Br3ClN2O2/c15-9-5-8(1-2-12(9)18)14(22)20-19-6-7-3-10(16)13(21)11(17)4-7/h1-6,21H,(H,20,22)/b19-6+. The fourth-order valence-electron chi connectivity index (χ4n) is 1.53. The average molecular weight is 511 g/mol. The number of aromatic hydroxyl groups is 1. The molecule has 0 aliphatic heterocycles. The molecule has 2 rings (SSSR count). The third-order valence-corrected chi connectivity index (χ3v) is 5.02. The topological polar surface area (TPSA) is 61.7 Å². The van der Waals surface area contributed by atoms with Gasteiger partial charge in [-0.3, -0.25) is 4.79 Å². The Hall–Kier alpha value is -0.890. The molecule has 2 aromatic carbocycles. The summed E-state index contributed by atoms with van der Waals surface area (Å²) in [5.74, 6) is -0.252. The number of halogens is 4. The van der Waals surface area contributed by atoms with Gasteiger partial charge in [0, 0.05) is 10.0 Å². The lowest BCUT2D eigenvalue weighted by Crippen LogP contribution is -2.17. The predicted octanol–water partition coefficient (Wildman–Crippen LogP) is 5.10. The maximum atomic E-state index is 11.9. The molecule has 1 amide bonds. The Bertz CT molecular complexity index is 743. The number of nitrogens with one attached hydrogen (secondary N) is 1. The van der Waals surface area contributed by atoms with E-state index in [0.717, 1.165) is 0 Å². The molecule has 0 fully saturated rings. The molecule has 0 unspecified atom stereocenters. The van der Waals surface area contributed by atoms with Crippen LogP contribution in [0.1, 0.15) is 15.9 Å². The molecule has 8 heteroatoms. The van der Waals surface area contributed by atoms with Crippen LogP contribution in [0.5, 0.6) is 5.75 Å². The second-order valence-electron chi connectivity index (χ2n) is 4.16. The van der Waals surface area contributed by atoms with Crippen molar-refractivity contribution in [1.82, 2.24) is 5.43 Å². The molecule has 0 aromatic heterocycles. The third-order valence-electron chi connectivity index (χ3n) is 2.60. The molecule has 0 saturated heterocycles. The number of benzene rings is 2. The average Bonchev–Trinajstić information content (AvgIpc) is 2.47. The molecule has 22 heavy (non-hydrogen) atoms. The summed E-state index contributed by atoms with van der Waals surface area (Å²) < 4.78 is 1.68. The number of hydrazone groups is 1. The molecular weight excluding hydrogens is 503 g/mol. The minimum atomic E-state index is -0.356. The Labute approximate surface area is 156 Å². The number of amides is 1. The van der Waals surface area contributed by atoms with Crippen molar-refractivity contribution in [1.29, 1.82) is 0 Å². The number of carbonyl (C=O) groups excluding carboxylic acids is 1. The van der Waals surface area contributed by atoms with Crippen LogP contribution in [-0.2, 0) is 0 Å². The van der Waals surface area contributed by atoms with Gasteiger partial charge in [-0.15, -0.1) is 0 Å². The van der Waals surface area contributed by atoms with Crippen LogP contribution >= 0.6 is 59.4 Å². The molecule has 114 valence electrons. The number of rotatable bonds is 3. The zero-order valence-corrected chi connectivity index (χ0v) is 16.3. The Kier molecular flexibility index (Phi) is 6.02. The Morgan fingerprint density at radius 3 is 2.36 bits per heavy atom. The fraction of sp³-hybridized carbons (Fsp3) is 0. The number of nitrogens with zero attached hydrogens (tertiary/aromatic N) is 1. The van der Waals surface area contributed by atoms with Crippen molar-refractivity contribution in [3.8, 4) is 5.75 Å². The van der Waals surface area contributed by atoms with Gasteiger partial charge in [0.2, 0.25) is 0 Å². The highest BCUT2D eigenvalue weighted by Crippen LogP contribution is 2.32. The van der Waals surface area contributed by atoms with Gasteiger partial charge >= 0.3 is 0 Å². The lowest BCUT2D eigenvalue weighted by atomic mass is 10.2. The third kappa shape index (κ3) is 4.32. The van der Waals surface area contributed by atoms with Gasteiger partial charge in [-0.1, -0.05) is 11.6 Å². The van der Waals surface area contributed by atoms with Crippen LogP contribution < -0.4 is 5.43 Å². The van der Waals surface area contributed by atoms with E-state index in [2.05, 4.69) is 58.3 Å². The zero-order valence-electron chi connectivity index (χ0n) is 10.8. The SMILES string of the molecule is O=C(N/N=C/c1cc(Br)c(O)c(Br)c1)c1ccc(Cl)c(Br)c1.